The van der Waals surface area contributed by atoms with Gasteiger partial charge in [0.2, 0.25) is 11.8 Å². The van der Waals surface area contributed by atoms with Gasteiger partial charge in [0.1, 0.15) is 6.04 Å². The number of hydrogen-bond acceptors (Lipinski definition) is 3. The van der Waals surface area contributed by atoms with Gasteiger partial charge in [0.05, 0.1) is 5.92 Å². The van der Waals surface area contributed by atoms with E-state index in [2.05, 4.69) is 10.6 Å². The largest absolute Gasteiger partial charge is 0.352 e. The van der Waals surface area contributed by atoms with E-state index in [-0.39, 0.29) is 29.8 Å². The van der Waals surface area contributed by atoms with Crippen molar-refractivity contribution in [3.05, 3.63) is 0 Å². The van der Waals surface area contributed by atoms with Crippen LogP contribution in [-0.2, 0) is 9.59 Å². The van der Waals surface area contributed by atoms with Gasteiger partial charge in [-0.05, 0) is 33.6 Å². The van der Waals surface area contributed by atoms with Crippen LogP contribution in [0, 0.1) is 5.92 Å². The van der Waals surface area contributed by atoms with Crippen molar-refractivity contribution in [2.45, 2.75) is 58.2 Å². The number of carbonyl (C=O) groups excluding carboxylic acids is 2. The molecule has 1 aliphatic rings. The maximum Gasteiger partial charge on any atom is 0.242 e. The highest BCUT2D eigenvalue weighted by Crippen LogP contribution is 2.23. The van der Waals surface area contributed by atoms with Crippen LogP contribution < -0.4 is 16.4 Å². The first kappa shape index (κ1) is 14.0. The third kappa shape index (κ3) is 4.00. The lowest BCUT2D eigenvalue weighted by molar-refractivity contribution is -0.131. The second-order valence-electron chi connectivity index (χ2n) is 5.09. The highest BCUT2D eigenvalue weighted by molar-refractivity contribution is 5.88. The van der Waals surface area contributed by atoms with E-state index in [0.717, 1.165) is 19.3 Å². The molecule has 5 nitrogen and oxygen atoms in total. The van der Waals surface area contributed by atoms with Gasteiger partial charge in [0.25, 0.3) is 0 Å². The molecule has 0 radical (unpaired) electrons. The van der Waals surface area contributed by atoms with E-state index in [1.165, 1.54) is 0 Å². The fourth-order valence-electron chi connectivity index (χ4n) is 2.11. The lowest BCUT2D eigenvalue weighted by atomic mass is 10.0. The summed E-state index contributed by atoms with van der Waals surface area (Å²) in [7, 11) is 0. The summed E-state index contributed by atoms with van der Waals surface area (Å²) >= 11 is 0. The maximum atomic E-state index is 11.9. The summed E-state index contributed by atoms with van der Waals surface area (Å²) in [5.74, 6) is -0.384. The number of carbonyl (C=O) groups is 2. The molecule has 4 N–H and O–H groups in total. The first-order chi connectivity index (χ1) is 7.91. The van der Waals surface area contributed by atoms with E-state index in [4.69, 9.17) is 5.73 Å². The second kappa shape index (κ2) is 6.00. The summed E-state index contributed by atoms with van der Waals surface area (Å²) in [5.41, 5.74) is 5.85. The monoisotopic (exact) mass is 241 g/mol. The highest BCUT2D eigenvalue weighted by Gasteiger charge is 2.31. The number of nitrogens with one attached hydrogen (secondary N) is 2. The van der Waals surface area contributed by atoms with Gasteiger partial charge in [0.15, 0.2) is 0 Å². The summed E-state index contributed by atoms with van der Waals surface area (Å²) < 4.78 is 0. The molecule has 5 heteroatoms. The minimum Gasteiger partial charge on any atom is -0.352 e. The van der Waals surface area contributed by atoms with Gasteiger partial charge in [0, 0.05) is 12.1 Å². The number of rotatable bonds is 4. The van der Waals surface area contributed by atoms with Crippen molar-refractivity contribution >= 4 is 11.8 Å². The molecule has 0 aromatic rings. The Morgan fingerprint density at radius 3 is 2.29 bits per heavy atom. The molecule has 0 aromatic carbocycles. The van der Waals surface area contributed by atoms with Gasteiger partial charge < -0.3 is 16.4 Å². The predicted octanol–water partition coefficient (Wildman–Crippen LogP) is 0.143. The van der Waals surface area contributed by atoms with E-state index in [0.29, 0.717) is 0 Å². The lowest BCUT2D eigenvalue weighted by Gasteiger charge is -2.20. The molecule has 0 saturated heterocycles. The van der Waals surface area contributed by atoms with E-state index >= 15 is 0 Å². The highest BCUT2D eigenvalue weighted by atomic mass is 16.2. The number of amides is 2. The quantitative estimate of drug-likeness (QED) is 0.654. The summed E-state index contributed by atoms with van der Waals surface area (Å²) in [5, 5.41) is 5.49. The van der Waals surface area contributed by atoms with Crippen molar-refractivity contribution in [1.82, 2.24) is 10.6 Å². The molecule has 1 aliphatic carbocycles. The van der Waals surface area contributed by atoms with Crippen LogP contribution in [0.25, 0.3) is 0 Å². The molecule has 0 spiro atoms. The van der Waals surface area contributed by atoms with E-state index in [1.807, 2.05) is 13.8 Å². The standard InChI is InChI=1S/C12H23N3O2/c1-7(2)14-11(16)8(3)15-12(17)9-5-4-6-10(9)13/h7-10H,4-6,13H2,1-3H3,(H,14,16)(H,15,17). The van der Waals surface area contributed by atoms with E-state index < -0.39 is 6.04 Å². The summed E-state index contributed by atoms with van der Waals surface area (Å²) in [6.45, 7) is 5.47. The molecule has 1 saturated carbocycles. The maximum absolute atomic E-state index is 11.9. The Morgan fingerprint density at radius 2 is 1.82 bits per heavy atom. The molecule has 0 bridgehead atoms. The van der Waals surface area contributed by atoms with Crippen LogP contribution >= 0.6 is 0 Å². The van der Waals surface area contributed by atoms with E-state index in [1.54, 1.807) is 6.92 Å². The average molecular weight is 241 g/mol. The van der Waals surface area contributed by atoms with Crippen molar-refractivity contribution in [3.8, 4) is 0 Å². The molecule has 1 rings (SSSR count). The molecule has 3 unspecified atom stereocenters. The summed E-state index contributed by atoms with van der Waals surface area (Å²) in [6.07, 6.45) is 2.71. The normalized spacial score (nSPS) is 25.7. The zero-order chi connectivity index (χ0) is 13.0. The van der Waals surface area contributed by atoms with Gasteiger partial charge in [-0.2, -0.15) is 0 Å². The predicted molar refractivity (Wildman–Crippen MR) is 66.2 cm³/mol. The average Bonchev–Trinajstić information content (AvgIpc) is 2.63. The third-order valence-corrected chi connectivity index (χ3v) is 3.09. The molecular formula is C12H23N3O2. The minimum atomic E-state index is -0.502. The van der Waals surface area contributed by atoms with Crippen molar-refractivity contribution < 1.29 is 9.59 Å². The van der Waals surface area contributed by atoms with Crippen molar-refractivity contribution in [2.75, 3.05) is 0 Å². The zero-order valence-corrected chi connectivity index (χ0v) is 10.8. The number of hydrogen-bond donors (Lipinski definition) is 3. The van der Waals surface area contributed by atoms with Crippen LogP contribution in [-0.4, -0.2) is 29.9 Å². The van der Waals surface area contributed by atoms with Crippen molar-refractivity contribution in [1.29, 1.82) is 0 Å². The summed E-state index contributed by atoms with van der Waals surface area (Å²) in [6, 6.07) is -0.483. The molecular weight excluding hydrogens is 218 g/mol. The first-order valence-electron chi connectivity index (χ1n) is 6.28. The van der Waals surface area contributed by atoms with Gasteiger partial charge >= 0.3 is 0 Å². The first-order valence-corrected chi connectivity index (χ1v) is 6.28. The number of nitrogens with two attached hydrogens (primary N) is 1. The second-order valence-corrected chi connectivity index (χ2v) is 5.09. The van der Waals surface area contributed by atoms with Gasteiger partial charge in [-0.15, -0.1) is 0 Å². The topological polar surface area (TPSA) is 84.2 Å². The third-order valence-electron chi connectivity index (χ3n) is 3.09. The Hall–Kier alpha value is -1.10. The van der Waals surface area contributed by atoms with Gasteiger partial charge in [-0.1, -0.05) is 6.42 Å². The van der Waals surface area contributed by atoms with Crippen LogP contribution in [0.3, 0.4) is 0 Å². The Kier molecular flexibility index (Phi) is 4.93. The Morgan fingerprint density at radius 1 is 1.18 bits per heavy atom. The Labute approximate surface area is 103 Å². The fourth-order valence-corrected chi connectivity index (χ4v) is 2.11. The minimum absolute atomic E-state index is 0.0599. The molecule has 1 fully saturated rings. The van der Waals surface area contributed by atoms with Crippen molar-refractivity contribution in [2.24, 2.45) is 11.7 Å². The van der Waals surface area contributed by atoms with Crippen LogP contribution in [0.4, 0.5) is 0 Å². The van der Waals surface area contributed by atoms with Gasteiger partial charge in [-0.25, -0.2) is 0 Å². The molecule has 0 aliphatic heterocycles. The summed E-state index contributed by atoms with van der Waals surface area (Å²) in [4.78, 5) is 23.5. The Balaban J connectivity index is 2.42. The Bertz CT molecular complexity index is 291. The molecule has 17 heavy (non-hydrogen) atoms. The van der Waals surface area contributed by atoms with Crippen molar-refractivity contribution in [3.63, 3.8) is 0 Å². The smallest absolute Gasteiger partial charge is 0.242 e. The SMILES string of the molecule is CC(C)NC(=O)C(C)NC(=O)C1CCCC1N. The van der Waals surface area contributed by atoms with Crippen LogP contribution in [0.2, 0.25) is 0 Å². The van der Waals surface area contributed by atoms with E-state index in [9.17, 15) is 9.59 Å². The molecule has 98 valence electrons. The molecule has 0 aromatic heterocycles. The molecule has 2 amide bonds. The van der Waals surface area contributed by atoms with Gasteiger partial charge in [-0.3, -0.25) is 9.59 Å². The molecule has 0 heterocycles. The zero-order valence-electron chi connectivity index (χ0n) is 10.8. The molecule has 3 atom stereocenters. The lowest BCUT2D eigenvalue weighted by Crippen LogP contribution is -2.49. The van der Waals surface area contributed by atoms with Crippen LogP contribution in [0.1, 0.15) is 40.0 Å². The van der Waals surface area contributed by atoms with Crippen LogP contribution in [0.5, 0.6) is 0 Å². The fraction of sp³-hybridized carbons (Fsp3) is 0.833. The van der Waals surface area contributed by atoms with Crippen LogP contribution in [0.15, 0.2) is 0 Å².